The number of rotatable bonds is 3. The van der Waals surface area contributed by atoms with Crippen LogP contribution in [-0.4, -0.2) is 31.1 Å². The SMILES string of the molecule is C[C@H]1C[C@H](Oc2ccc(S(=O)(=O)C(F)(F)F)c3c2CC(F)(F)C3O)C1. The van der Waals surface area contributed by atoms with E-state index in [2.05, 4.69) is 0 Å². The van der Waals surface area contributed by atoms with Crippen LogP contribution in [0.25, 0.3) is 0 Å². The van der Waals surface area contributed by atoms with Gasteiger partial charge in [0.1, 0.15) is 11.9 Å². The number of benzene rings is 1. The van der Waals surface area contributed by atoms with Crippen molar-refractivity contribution in [3.05, 3.63) is 23.3 Å². The highest BCUT2D eigenvalue weighted by molar-refractivity contribution is 7.92. The van der Waals surface area contributed by atoms with Gasteiger partial charge in [-0.2, -0.15) is 13.2 Å². The van der Waals surface area contributed by atoms with Gasteiger partial charge in [-0.15, -0.1) is 0 Å². The summed E-state index contributed by atoms with van der Waals surface area (Å²) < 4.78 is 95.2. The molecule has 1 N–H and O–H groups in total. The van der Waals surface area contributed by atoms with Gasteiger partial charge >= 0.3 is 5.51 Å². The lowest BCUT2D eigenvalue weighted by molar-refractivity contribution is -0.0979. The minimum atomic E-state index is -5.88. The lowest BCUT2D eigenvalue weighted by atomic mass is 9.84. The summed E-state index contributed by atoms with van der Waals surface area (Å²) in [5, 5.41) is 9.75. The van der Waals surface area contributed by atoms with E-state index in [4.69, 9.17) is 4.74 Å². The second kappa shape index (κ2) is 5.54. The van der Waals surface area contributed by atoms with Gasteiger partial charge in [0.25, 0.3) is 15.8 Å². The van der Waals surface area contributed by atoms with Crippen LogP contribution in [0.2, 0.25) is 0 Å². The van der Waals surface area contributed by atoms with Crippen LogP contribution < -0.4 is 4.74 Å². The van der Waals surface area contributed by atoms with Crippen molar-refractivity contribution in [1.82, 2.24) is 0 Å². The summed E-state index contributed by atoms with van der Waals surface area (Å²) in [5.41, 5.74) is -6.97. The van der Waals surface area contributed by atoms with Gasteiger partial charge in [0.05, 0.1) is 11.0 Å². The van der Waals surface area contributed by atoms with Gasteiger partial charge in [0.15, 0.2) is 0 Å². The number of fused-ring (bicyclic) bond motifs is 1. The summed E-state index contributed by atoms with van der Waals surface area (Å²) >= 11 is 0. The molecule has 0 radical (unpaired) electrons. The molecular formula is C15H15F5O4S. The zero-order chi connectivity index (χ0) is 18.8. The summed E-state index contributed by atoms with van der Waals surface area (Å²) in [5.74, 6) is -3.50. The molecule has 0 heterocycles. The van der Waals surface area contributed by atoms with E-state index in [1.165, 1.54) is 0 Å². The zero-order valence-electron chi connectivity index (χ0n) is 13.0. The molecule has 2 aliphatic rings. The number of hydrogen-bond acceptors (Lipinski definition) is 4. The monoisotopic (exact) mass is 386 g/mol. The third-order valence-electron chi connectivity index (χ3n) is 4.58. The smallest absolute Gasteiger partial charge is 0.490 e. The van der Waals surface area contributed by atoms with E-state index >= 15 is 0 Å². The molecule has 0 spiro atoms. The maximum Gasteiger partial charge on any atom is 0.501 e. The molecule has 1 fully saturated rings. The Morgan fingerprint density at radius 2 is 1.84 bits per heavy atom. The van der Waals surface area contributed by atoms with Gasteiger partial charge in [-0.1, -0.05) is 6.92 Å². The van der Waals surface area contributed by atoms with Crippen molar-refractivity contribution >= 4 is 9.84 Å². The highest BCUT2D eigenvalue weighted by atomic mass is 32.2. The number of hydrogen-bond donors (Lipinski definition) is 1. The fourth-order valence-corrected chi connectivity index (χ4v) is 4.24. The Morgan fingerprint density at radius 1 is 1.24 bits per heavy atom. The van der Waals surface area contributed by atoms with Crippen LogP contribution in [-0.2, 0) is 16.3 Å². The fourth-order valence-electron chi connectivity index (χ4n) is 3.22. The van der Waals surface area contributed by atoms with Gasteiger partial charge in [0, 0.05) is 17.5 Å². The van der Waals surface area contributed by atoms with Crippen molar-refractivity contribution in [2.24, 2.45) is 5.92 Å². The third kappa shape index (κ3) is 2.88. The lowest BCUT2D eigenvalue weighted by Gasteiger charge is -2.33. The minimum Gasteiger partial charge on any atom is -0.490 e. The molecule has 0 saturated heterocycles. The lowest BCUT2D eigenvalue weighted by Crippen LogP contribution is -2.32. The average molecular weight is 386 g/mol. The molecule has 1 aromatic rings. The Kier molecular flexibility index (Phi) is 4.07. The van der Waals surface area contributed by atoms with Crippen LogP contribution in [0.4, 0.5) is 22.0 Å². The first-order valence-corrected chi connectivity index (χ1v) is 9.02. The van der Waals surface area contributed by atoms with Crippen molar-refractivity contribution in [3.63, 3.8) is 0 Å². The molecule has 3 rings (SSSR count). The molecule has 4 nitrogen and oxygen atoms in total. The predicted molar refractivity (Wildman–Crippen MR) is 76.1 cm³/mol. The molecule has 0 aromatic heterocycles. The van der Waals surface area contributed by atoms with Crippen LogP contribution in [0.1, 0.15) is 37.0 Å². The molecule has 1 saturated carbocycles. The van der Waals surface area contributed by atoms with E-state index in [1.807, 2.05) is 6.92 Å². The molecule has 1 aromatic carbocycles. The minimum absolute atomic E-state index is 0.107. The molecule has 0 amide bonds. The first-order valence-electron chi connectivity index (χ1n) is 7.54. The van der Waals surface area contributed by atoms with Crippen molar-refractivity contribution in [2.45, 2.75) is 54.7 Å². The van der Waals surface area contributed by atoms with E-state index in [9.17, 15) is 35.5 Å². The van der Waals surface area contributed by atoms with E-state index in [-0.39, 0.29) is 17.4 Å². The predicted octanol–water partition coefficient (Wildman–Crippen LogP) is 3.38. The van der Waals surface area contributed by atoms with Gasteiger partial charge < -0.3 is 9.84 Å². The number of ether oxygens (including phenoxy) is 1. The molecule has 0 bridgehead atoms. The second-order valence-corrected chi connectivity index (χ2v) is 8.47. The summed E-state index contributed by atoms with van der Waals surface area (Å²) in [6.07, 6.45) is -2.66. The van der Waals surface area contributed by atoms with E-state index in [0.717, 1.165) is 6.07 Å². The van der Waals surface area contributed by atoms with Gasteiger partial charge in [-0.25, -0.2) is 17.2 Å². The van der Waals surface area contributed by atoms with Crippen molar-refractivity contribution < 1.29 is 40.2 Å². The highest BCUT2D eigenvalue weighted by Crippen LogP contribution is 2.51. The van der Waals surface area contributed by atoms with Crippen LogP contribution in [0.5, 0.6) is 5.75 Å². The number of alkyl halides is 5. The quantitative estimate of drug-likeness (QED) is 0.809. The van der Waals surface area contributed by atoms with Gasteiger partial charge in [0.2, 0.25) is 0 Å². The summed E-state index contributed by atoms with van der Waals surface area (Å²) in [6.45, 7) is 1.96. The highest BCUT2D eigenvalue weighted by Gasteiger charge is 2.55. The number of sulfone groups is 1. The van der Waals surface area contributed by atoms with E-state index < -0.39 is 44.3 Å². The summed E-state index contributed by atoms with van der Waals surface area (Å²) in [7, 11) is -5.88. The summed E-state index contributed by atoms with van der Waals surface area (Å²) in [6, 6.07) is 1.53. The van der Waals surface area contributed by atoms with Gasteiger partial charge in [-0.05, 0) is 30.9 Å². The number of halogens is 5. The molecule has 1 unspecified atom stereocenters. The molecule has 25 heavy (non-hydrogen) atoms. The van der Waals surface area contributed by atoms with Crippen molar-refractivity contribution in [3.8, 4) is 5.75 Å². The average Bonchev–Trinajstić information content (AvgIpc) is 2.67. The molecule has 10 heteroatoms. The topological polar surface area (TPSA) is 63.6 Å². The molecule has 140 valence electrons. The third-order valence-corrected chi connectivity index (χ3v) is 6.12. The first kappa shape index (κ1) is 18.4. The molecule has 0 aliphatic heterocycles. The van der Waals surface area contributed by atoms with Crippen molar-refractivity contribution in [2.75, 3.05) is 0 Å². The van der Waals surface area contributed by atoms with Crippen LogP contribution >= 0.6 is 0 Å². The maximum absolute atomic E-state index is 13.9. The van der Waals surface area contributed by atoms with E-state index in [1.54, 1.807) is 0 Å². The number of aliphatic hydroxyl groups excluding tert-OH is 1. The zero-order valence-corrected chi connectivity index (χ0v) is 13.8. The summed E-state index contributed by atoms with van der Waals surface area (Å²) in [4.78, 5) is -1.35. The normalized spacial score (nSPS) is 28.4. The Bertz CT molecular complexity index is 797. The Labute approximate surface area is 140 Å². The largest absolute Gasteiger partial charge is 0.501 e. The van der Waals surface area contributed by atoms with E-state index in [0.29, 0.717) is 24.8 Å². The Morgan fingerprint density at radius 3 is 2.36 bits per heavy atom. The Hall–Kier alpha value is -1.42. The fraction of sp³-hybridized carbons (Fsp3) is 0.600. The van der Waals surface area contributed by atoms with Gasteiger partial charge in [-0.3, -0.25) is 0 Å². The van der Waals surface area contributed by atoms with Crippen LogP contribution in [0, 0.1) is 5.92 Å². The van der Waals surface area contributed by atoms with Crippen LogP contribution in [0.15, 0.2) is 17.0 Å². The maximum atomic E-state index is 13.9. The standard InChI is InChI=1S/C15H15F5O4S/c1-7-4-8(5-7)24-10-2-3-11(25(22,23)15(18,19)20)12-9(10)6-14(16,17)13(12)21/h2-3,7-8,13,21H,4-6H2,1H3/t7-,8-,13?. The van der Waals surface area contributed by atoms with Crippen molar-refractivity contribution in [1.29, 1.82) is 0 Å². The molecular weight excluding hydrogens is 371 g/mol. The number of aliphatic hydroxyl groups is 1. The Balaban J connectivity index is 2.11. The first-order chi connectivity index (χ1) is 11.3. The molecule has 1 atom stereocenters. The second-order valence-electron chi connectivity index (χ2n) is 6.56. The molecule has 2 aliphatic carbocycles. The van der Waals surface area contributed by atoms with Crippen LogP contribution in [0.3, 0.4) is 0 Å².